The molecule has 2 N–H and O–H groups in total. The second-order valence-electron chi connectivity index (χ2n) is 10.1. The first-order valence-corrected chi connectivity index (χ1v) is 11.4. The molecule has 2 saturated heterocycles. The van der Waals surface area contributed by atoms with Gasteiger partial charge in [-0.1, -0.05) is 38.7 Å². The van der Waals surface area contributed by atoms with Crippen LogP contribution in [0.3, 0.4) is 0 Å². The minimum absolute atomic E-state index is 0.227. The molecule has 2 aliphatic heterocycles. The van der Waals surface area contributed by atoms with E-state index in [0.29, 0.717) is 23.9 Å². The number of nitrogens with zero attached hydrogens (tertiary/aromatic N) is 2. The average Bonchev–Trinajstić information content (AvgIpc) is 2.99. The smallest absolute Gasteiger partial charge is 0.313 e. The molecule has 2 fully saturated rings. The lowest BCUT2D eigenvalue weighted by molar-refractivity contribution is -0.135. The molecule has 4 rings (SSSR count). The number of para-hydroxylation sites is 1. The highest BCUT2D eigenvalue weighted by atomic mass is 16.2. The van der Waals surface area contributed by atoms with Crippen LogP contribution in [0, 0.1) is 23.2 Å². The number of piperidine rings is 2. The van der Waals surface area contributed by atoms with Crippen LogP contribution < -0.4 is 16.3 Å². The lowest BCUT2D eigenvalue weighted by Crippen LogP contribution is -2.46. The van der Waals surface area contributed by atoms with E-state index in [2.05, 4.69) is 43.2 Å². The molecule has 2 aromatic rings. The third-order valence-electron chi connectivity index (χ3n) is 6.80. The van der Waals surface area contributed by atoms with Crippen molar-refractivity contribution in [3.05, 3.63) is 34.2 Å². The maximum Gasteiger partial charge on any atom is 0.329 e. The van der Waals surface area contributed by atoms with Gasteiger partial charge >= 0.3 is 5.69 Å². The van der Waals surface area contributed by atoms with Crippen LogP contribution in [0.1, 0.15) is 64.5 Å². The van der Waals surface area contributed by atoms with E-state index in [0.717, 1.165) is 36.9 Å². The van der Waals surface area contributed by atoms with Crippen LogP contribution in [0.4, 0.5) is 0 Å². The fourth-order valence-corrected chi connectivity index (χ4v) is 4.90. The molecule has 3 heterocycles. The number of hydrogen-bond acceptors (Lipinski definition) is 4. The zero-order chi connectivity index (χ0) is 23.0. The molecule has 170 valence electrons. The highest BCUT2D eigenvalue weighted by Gasteiger charge is 2.32. The van der Waals surface area contributed by atoms with Crippen LogP contribution in [0.25, 0.3) is 11.0 Å². The Labute approximate surface area is 188 Å². The molecule has 0 spiro atoms. The van der Waals surface area contributed by atoms with Crippen molar-refractivity contribution in [3.8, 4) is 11.8 Å². The fourth-order valence-electron chi connectivity index (χ4n) is 4.90. The first-order valence-electron chi connectivity index (χ1n) is 11.4. The molecule has 1 aromatic heterocycles. The van der Waals surface area contributed by atoms with Gasteiger partial charge in [0.2, 0.25) is 11.8 Å². The molecule has 3 atom stereocenters. The zero-order valence-electron chi connectivity index (χ0n) is 19.3. The van der Waals surface area contributed by atoms with Crippen LogP contribution in [0.2, 0.25) is 0 Å². The molecule has 0 aliphatic carbocycles. The molecule has 2 amide bonds. The quantitative estimate of drug-likeness (QED) is 0.560. The van der Waals surface area contributed by atoms with Gasteiger partial charge in [0.25, 0.3) is 0 Å². The Morgan fingerprint density at radius 3 is 2.66 bits per heavy atom. The molecule has 32 heavy (non-hydrogen) atoms. The largest absolute Gasteiger partial charge is 0.329 e. The van der Waals surface area contributed by atoms with Crippen LogP contribution in [0.15, 0.2) is 23.0 Å². The van der Waals surface area contributed by atoms with Crippen molar-refractivity contribution in [1.82, 2.24) is 19.8 Å². The van der Waals surface area contributed by atoms with Gasteiger partial charge in [0, 0.05) is 25.9 Å². The number of carbonyl (C=O) groups is 2. The normalized spacial score (nSPS) is 24.2. The minimum atomic E-state index is -0.684. The van der Waals surface area contributed by atoms with Gasteiger partial charge in [-0.2, -0.15) is 0 Å². The van der Waals surface area contributed by atoms with Crippen molar-refractivity contribution in [2.75, 3.05) is 6.54 Å². The summed E-state index contributed by atoms with van der Waals surface area (Å²) in [6, 6.07) is 5.44. The van der Waals surface area contributed by atoms with Crippen molar-refractivity contribution in [2.24, 2.45) is 18.4 Å². The monoisotopic (exact) mass is 436 g/mol. The number of aromatic nitrogens is 2. The predicted octanol–water partition coefficient (Wildman–Crippen LogP) is 2.47. The van der Waals surface area contributed by atoms with Crippen LogP contribution in [-0.4, -0.2) is 33.5 Å². The molecular weight excluding hydrogens is 404 g/mol. The number of imide groups is 1. The zero-order valence-corrected chi connectivity index (χ0v) is 19.3. The summed E-state index contributed by atoms with van der Waals surface area (Å²) in [7, 11) is 1.71. The molecule has 3 unspecified atom stereocenters. The highest BCUT2D eigenvalue weighted by molar-refractivity contribution is 6.00. The Bertz CT molecular complexity index is 1170. The van der Waals surface area contributed by atoms with Gasteiger partial charge in [0.05, 0.1) is 16.6 Å². The second kappa shape index (κ2) is 8.59. The summed E-state index contributed by atoms with van der Waals surface area (Å²) in [6.07, 6.45) is 3.61. The van der Waals surface area contributed by atoms with Gasteiger partial charge in [-0.05, 0) is 49.3 Å². The summed E-state index contributed by atoms with van der Waals surface area (Å²) in [6.45, 7) is 7.83. The summed E-state index contributed by atoms with van der Waals surface area (Å²) in [5.74, 6) is 6.49. The molecule has 0 saturated carbocycles. The van der Waals surface area contributed by atoms with Gasteiger partial charge in [0.15, 0.2) is 0 Å². The SMILES string of the molecule is Cn1c(=O)n(C2CCC(=O)NC2=O)c2cccc(C#CCC3CCNC(C(C)(C)C)C3)c21. The third-order valence-corrected chi connectivity index (χ3v) is 6.80. The van der Waals surface area contributed by atoms with Gasteiger partial charge in [-0.15, -0.1) is 0 Å². The van der Waals surface area contributed by atoms with E-state index in [1.165, 1.54) is 4.57 Å². The van der Waals surface area contributed by atoms with E-state index in [9.17, 15) is 14.4 Å². The first-order chi connectivity index (χ1) is 15.2. The molecule has 7 nitrogen and oxygen atoms in total. The van der Waals surface area contributed by atoms with E-state index >= 15 is 0 Å². The number of fused-ring (bicyclic) bond motifs is 1. The summed E-state index contributed by atoms with van der Waals surface area (Å²) < 4.78 is 3.06. The summed E-state index contributed by atoms with van der Waals surface area (Å²) in [4.78, 5) is 37.0. The number of imidazole rings is 1. The van der Waals surface area contributed by atoms with Crippen molar-refractivity contribution >= 4 is 22.8 Å². The van der Waals surface area contributed by atoms with Crippen LogP contribution in [0.5, 0.6) is 0 Å². The minimum Gasteiger partial charge on any atom is -0.313 e. The Balaban J connectivity index is 1.61. The van der Waals surface area contributed by atoms with Crippen molar-refractivity contribution in [2.45, 2.75) is 65.0 Å². The third kappa shape index (κ3) is 4.24. The first kappa shape index (κ1) is 22.3. The van der Waals surface area contributed by atoms with Gasteiger partial charge < -0.3 is 5.32 Å². The van der Waals surface area contributed by atoms with E-state index in [-0.39, 0.29) is 23.4 Å². The number of rotatable bonds is 2. The summed E-state index contributed by atoms with van der Waals surface area (Å²) in [5, 5.41) is 5.98. The van der Waals surface area contributed by atoms with Gasteiger partial charge in [0.1, 0.15) is 6.04 Å². The van der Waals surface area contributed by atoms with E-state index in [4.69, 9.17) is 0 Å². The van der Waals surface area contributed by atoms with Crippen LogP contribution >= 0.6 is 0 Å². The van der Waals surface area contributed by atoms with Gasteiger partial charge in [-0.25, -0.2) is 4.79 Å². The lowest BCUT2D eigenvalue weighted by atomic mass is 9.77. The Morgan fingerprint density at radius 1 is 1.16 bits per heavy atom. The van der Waals surface area contributed by atoms with Gasteiger partial charge in [-0.3, -0.25) is 24.0 Å². The number of aryl methyl sites for hydroxylation is 1. The highest BCUT2D eigenvalue weighted by Crippen LogP contribution is 2.30. The van der Waals surface area contributed by atoms with E-state index in [1.54, 1.807) is 11.6 Å². The second-order valence-corrected chi connectivity index (χ2v) is 10.1. The number of amides is 2. The number of carbonyl (C=O) groups excluding carboxylic acids is 2. The maximum atomic E-state index is 13.0. The standard InChI is InChI=1S/C25H32N4O3/c1-25(2,3)20-15-16(13-14-26-20)7-5-8-17-9-6-10-18-22(17)28(4)24(32)29(18)19-11-12-21(30)27-23(19)31/h6,9-10,16,19-20,26H,7,11-15H2,1-4H3,(H,27,30,31). The molecule has 0 bridgehead atoms. The lowest BCUT2D eigenvalue weighted by Gasteiger charge is -2.38. The number of nitrogens with one attached hydrogen (secondary N) is 2. The Hall–Kier alpha value is -2.85. The van der Waals surface area contributed by atoms with E-state index < -0.39 is 11.9 Å². The number of benzene rings is 1. The fraction of sp³-hybridized carbons (Fsp3) is 0.560. The predicted molar refractivity (Wildman–Crippen MR) is 124 cm³/mol. The molecule has 0 radical (unpaired) electrons. The van der Waals surface area contributed by atoms with Crippen molar-refractivity contribution in [1.29, 1.82) is 0 Å². The van der Waals surface area contributed by atoms with Crippen molar-refractivity contribution < 1.29 is 9.59 Å². The average molecular weight is 437 g/mol. The summed E-state index contributed by atoms with van der Waals surface area (Å²) in [5.41, 5.74) is 2.15. The topological polar surface area (TPSA) is 85.1 Å². The number of hydrogen-bond donors (Lipinski definition) is 2. The molecule has 2 aliphatic rings. The maximum absolute atomic E-state index is 13.0. The van der Waals surface area contributed by atoms with Crippen molar-refractivity contribution in [3.63, 3.8) is 0 Å². The summed E-state index contributed by atoms with van der Waals surface area (Å²) >= 11 is 0. The Kier molecular flexibility index (Phi) is 6.00. The van der Waals surface area contributed by atoms with E-state index in [1.807, 2.05) is 18.2 Å². The molecule has 1 aromatic carbocycles. The molecular formula is C25H32N4O3. The molecule has 7 heteroatoms. The Morgan fingerprint density at radius 2 is 1.94 bits per heavy atom. The van der Waals surface area contributed by atoms with Crippen LogP contribution in [-0.2, 0) is 16.6 Å².